The van der Waals surface area contributed by atoms with Crippen molar-refractivity contribution >= 4 is 17.7 Å². The minimum atomic E-state index is -0.608. The number of benzene rings is 3. The van der Waals surface area contributed by atoms with Crippen LogP contribution in [0, 0.1) is 0 Å². The van der Waals surface area contributed by atoms with E-state index >= 15 is 0 Å². The van der Waals surface area contributed by atoms with Gasteiger partial charge in [-0.25, -0.2) is 4.79 Å². The van der Waals surface area contributed by atoms with Gasteiger partial charge in [0.2, 0.25) is 0 Å². The first kappa shape index (κ1) is 30.2. The maximum Gasteiger partial charge on any atom is 0.325 e. The molecule has 0 saturated carbocycles. The number of aliphatic hydroxyl groups excluding tert-OH is 1. The molecule has 1 aliphatic rings. The van der Waals surface area contributed by atoms with E-state index in [0.717, 1.165) is 16.7 Å². The molecule has 1 fully saturated rings. The Balaban J connectivity index is 1.45. The fourth-order valence-electron chi connectivity index (χ4n) is 4.76. The average Bonchev–Trinajstić information content (AvgIpc) is 3.00. The van der Waals surface area contributed by atoms with E-state index in [9.17, 15) is 14.7 Å². The number of carbonyl (C=O) groups excluding carboxylic acids is 2. The fraction of sp³-hybridized carbons (Fsp3) is 0.375. The molecule has 0 aliphatic carbocycles. The maximum atomic E-state index is 12.2. The molecule has 0 spiro atoms. The van der Waals surface area contributed by atoms with E-state index in [4.69, 9.17) is 14.2 Å². The predicted molar refractivity (Wildman–Crippen MR) is 156 cm³/mol. The molecular formula is C32H39N3O6. The summed E-state index contributed by atoms with van der Waals surface area (Å²) < 4.78 is 17.7. The number of nitrogens with one attached hydrogen (secondary N) is 2. The first-order chi connectivity index (χ1) is 19.9. The van der Waals surface area contributed by atoms with Gasteiger partial charge < -0.3 is 30.0 Å². The van der Waals surface area contributed by atoms with Gasteiger partial charge in [0.05, 0.1) is 25.4 Å². The molecule has 3 N–H and O–H groups in total. The van der Waals surface area contributed by atoms with E-state index in [2.05, 4.69) is 53.8 Å². The van der Waals surface area contributed by atoms with Crippen LogP contribution >= 0.6 is 0 Å². The molecule has 0 bridgehead atoms. The largest absolute Gasteiger partial charge is 0.465 e. The number of urea groups is 1. The molecule has 1 saturated heterocycles. The molecule has 0 aromatic heterocycles. The molecule has 4 atom stereocenters. The fourth-order valence-corrected chi connectivity index (χ4v) is 4.76. The minimum Gasteiger partial charge on any atom is -0.465 e. The molecule has 9 heteroatoms. The van der Waals surface area contributed by atoms with Gasteiger partial charge in [-0.05, 0) is 49.7 Å². The van der Waals surface area contributed by atoms with Crippen LogP contribution in [-0.2, 0) is 25.6 Å². The van der Waals surface area contributed by atoms with Crippen LogP contribution in [0.15, 0.2) is 78.9 Å². The zero-order chi connectivity index (χ0) is 29.2. The second kappa shape index (κ2) is 14.7. The van der Waals surface area contributed by atoms with Gasteiger partial charge in [-0.3, -0.25) is 9.69 Å². The Labute approximate surface area is 241 Å². The first-order valence-corrected chi connectivity index (χ1v) is 13.9. The summed E-state index contributed by atoms with van der Waals surface area (Å²) in [6.07, 6.45) is -0.221. The van der Waals surface area contributed by atoms with Crippen molar-refractivity contribution in [2.45, 2.75) is 51.4 Å². The first-order valence-electron chi connectivity index (χ1n) is 13.9. The number of carbonyl (C=O) groups is 2. The Kier molecular flexibility index (Phi) is 10.9. The molecule has 4 rings (SSSR count). The van der Waals surface area contributed by atoms with Gasteiger partial charge in [-0.15, -0.1) is 0 Å². The summed E-state index contributed by atoms with van der Waals surface area (Å²) in [5, 5.41) is 14.6. The van der Waals surface area contributed by atoms with E-state index in [1.54, 1.807) is 19.1 Å². The zero-order valence-electron chi connectivity index (χ0n) is 23.8. The highest BCUT2D eigenvalue weighted by Crippen LogP contribution is 2.38. The van der Waals surface area contributed by atoms with Crippen LogP contribution in [0.25, 0.3) is 0 Å². The van der Waals surface area contributed by atoms with E-state index < -0.39 is 18.3 Å². The van der Waals surface area contributed by atoms with Crippen LogP contribution in [0.4, 0.5) is 10.5 Å². The topological polar surface area (TPSA) is 109 Å². The quantitative estimate of drug-likeness (QED) is 0.280. The molecule has 3 aromatic carbocycles. The van der Waals surface area contributed by atoms with Crippen molar-refractivity contribution in [3.05, 3.63) is 101 Å². The summed E-state index contributed by atoms with van der Waals surface area (Å²) in [5.74, 6) is -0.497. The Hall–Kier alpha value is -3.76. The molecule has 1 heterocycles. The van der Waals surface area contributed by atoms with Gasteiger partial charge in [-0.1, -0.05) is 66.7 Å². The van der Waals surface area contributed by atoms with Crippen molar-refractivity contribution in [1.82, 2.24) is 10.2 Å². The number of likely N-dealkylation sites (N-methyl/N-ethyl adjacent to an activating group) is 1. The highest BCUT2D eigenvalue weighted by Gasteiger charge is 2.33. The summed E-state index contributed by atoms with van der Waals surface area (Å²) in [5.41, 5.74) is 4.50. The molecule has 0 unspecified atom stereocenters. The third kappa shape index (κ3) is 8.61. The number of amides is 2. The lowest BCUT2D eigenvalue weighted by Crippen LogP contribution is -2.38. The molecular weight excluding hydrogens is 522 g/mol. The van der Waals surface area contributed by atoms with E-state index in [-0.39, 0.29) is 38.0 Å². The third-order valence-corrected chi connectivity index (χ3v) is 7.19. The van der Waals surface area contributed by atoms with Crippen LogP contribution < -0.4 is 10.6 Å². The standard InChI is InChI=1S/C32H39N3O6/c1-4-39-30(37)19-33-32(38)34-27-16-14-26(15-17-27)31-40-28(20-35(3)22(2)24-8-6-5-7-9-24)18-29(41-31)25-12-10-23(21-36)11-13-25/h5-17,22,28-29,31,36H,4,18-21H2,1-3H3,(H2,33,34,38)/t22-,28-,29+,31+/m0/s1. The monoisotopic (exact) mass is 561 g/mol. The van der Waals surface area contributed by atoms with Crippen molar-refractivity contribution in [2.24, 2.45) is 0 Å². The average molecular weight is 562 g/mol. The summed E-state index contributed by atoms with van der Waals surface area (Å²) in [6.45, 7) is 4.64. The number of anilines is 1. The molecule has 1 aliphatic heterocycles. The second-order valence-corrected chi connectivity index (χ2v) is 10.1. The normalized spacial score (nSPS) is 19.4. The molecule has 9 nitrogen and oxygen atoms in total. The Morgan fingerprint density at radius 3 is 2.34 bits per heavy atom. The lowest BCUT2D eigenvalue weighted by Gasteiger charge is -2.39. The third-order valence-electron chi connectivity index (χ3n) is 7.19. The van der Waals surface area contributed by atoms with E-state index in [1.807, 2.05) is 42.5 Å². The SMILES string of the molecule is CCOC(=O)CNC(=O)Nc1ccc([C@@H]2O[C@H](CN(C)[C@@H](C)c3ccccc3)C[C@H](c3ccc(CO)cc3)O2)cc1. The summed E-state index contributed by atoms with van der Waals surface area (Å²) >= 11 is 0. The maximum absolute atomic E-state index is 12.2. The van der Waals surface area contributed by atoms with Crippen molar-refractivity contribution in [2.75, 3.05) is 32.1 Å². The minimum absolute atomic E-state index is 0.0104. The number of ether oxygens (including phenoxy) is 3. The molecule has 0 radical (unpaired) electrons. The lowest BCUT2D eigenvalue weighted by molar-refractivity contribution is -0.253. The van der Waals surface area contributed by atoms with Gasteiger partial charge in [0.25, 0.3) is 0 Å². The van der Waals surface area contributed by atoms with Gasteiger partial charge in [-0.2, -0.15) is 0 Å². The Morgan fingerprint density at radius 2 is 1.68 bits per heavy atom. The number of hydrogen-bond acceptors (Lipinski definition) is 7. The van der Waals surface area contributed by atoms with Gasteiger partial charge in [0.1, 0.15) is 6.54 Å². The number of hydrogen-bond donors (Lipinski definition) is 3. The van der Waals surface area contributed by atoms with Crippen molar-refractivity contribution < 1.29 is 28.9 Å². The van der Waals surface area contributed by atoms with Crippen molar-refractivity contribution in [3.8, 4) is 0 Å². The predicted octanol–water partition coefficient (Wildman–Crippen LogP) is 5.10. The van der Waals surface area contributed by atoms with E-state index in [1.165, 1.54) is 5.56 Å². The smallest absolute Gasteiger partial charge is 0.325 e. The highest BCUT2D eigenvalue weighted by atomic mass is 16.7. The molecule has 2 amide bonds. The van der Waals surface area contributed by atoms with Crippen LogP contribution in [0.3, 0.4) is 0 Å². The van der Waals surface area contributed by atoms with Gasteiger partial charge in [0.15, 0.2) is 6.29 Å². The molecule has 3 aromatic rings. The number of aliphatic hydroxyl groups is 1. The summed E-state index contributed by atoms with van der Waals surface area (Å²) in [7, 11) is 2.10. The van der Waals surface area contributed by atoms with E-state index in [0.29, 0.717) is 18.7 Å². The number of nitrogens with zero attached hydrogens (tertiary/aromatic N) is 1. The Bertz CT molecular complexity index is 1250. The van der Waals surface area contributed by atoms with Crippen molar-refractivity contribution in [3.63, 3.8) is 0 Å². The van der Waals surface area contributed by atoms with Crippen LogP contribution in [0.1, 0.15) is 61.0 Å². The zero-order valence-corrected chi connectivity index (χ0v) is 23.8. The molecule has 218 valence electrons. The van der Waals surface area contributed by atoms with Crippen molar-refractivity contribution in [1.29, 1.82) is 0 Å². The van der Waals surface area contributed by atoms with Gasteiger partial charge in [0, 0.05) is 30.3 Å². The number of rotatable bonds is 11. The summed E-state index contributed by atoms with van der Waals surface area (Å²) in [4.78, 5) is 25.9. The van der Waals surface area contributed by atoms with Crippen LogP contribution in [-0.4, -0.2) is 54.9 Å². The lowest BCUT2D eigenvalue weighted by atomic mass is 9.99. The van der Waals surface area contributed by atoms with Gasteiger partial charge >= 0.3 is 12.0 Å². The highest BCUT2D eigenvalue weighted by molar-refractivity contribution is 5.91. The summed E-state index contributed by atoms with van der Waals surface area (Å²) in [6, 6.07) is 25.2. The molecule has 41 heavy (non-hydrogen) atoms. The van der Waals surface area contributed by atoms with Crippen LogP contribution in [0.2, 0.25) is 0 Å². The van der Waals surface area contributed by atoms with Crippen LogP contribution in [0.5, 0.6) is 0 Å². The Morgan fingerprint density at radius 1 is 1.00 bits per heavy atom. The number of esters is 1. The second-order valence-electron chi connectivity index (χ2n) is 10.1.